The fourth-order valence-electron chi connectivity index (χ4n) is 4.66. The van der Waals surface area contributed by atoms with Gasteiger partial charge in [-0.3, -0.25) is 14.6 Å². The number of nitrogens with one attached hydrogen (secondary N) is 1. The van der Waals surface area contributed by atoms with Crippen molar-refractivity contribution >= 4 is 11.8 Å². The highest BCUT2D eigenvalue weighted by molar-refractivity contribution is 5.89. The van der Waals surface area contributed by atoms with Crippen molar-refractivity contribution in [3.05, 3.63) is 30.1 Å². The van der Waals surface area contributed by atoms with Crippen LogP contribution in [0.25, 0.3) is 0 Å². The Labute approximate surface area is 136 Å². The Bertz CT molecular complexity index is 604. The van der Waals surface area contributed by atoms with Gasteiger partial charge >= 0.3 is 0 Å². The van der Waals surface area contributed by atoms with E-state index in [1.807, 2.05) is 17.0 Å². The van der Waals surface area contributed by atoms with Gasteiger partial charge in [-0.05, 0) is 42.7 Å². The van der Waals surface area contributed by atoms with E-state index in [2.05, 4.69) is 10.3 Å². The maximum absolute atomic E-state index is 12.4. The van der Waals surface area contributed by atoms with Gasteiger partial charge in [-0.15, -0.1) is 0 Å². The summed E-state index contributed by atoms with van der Waals surface area (Å²) in [7, 11) is 0. The Hall–Kier alpha value is -1.91. The molecule has 1 N–H and O–H groups in total. The van der Waals surface area contributed by atoms with E-state index in [0.717, 1.165) is 17.9 Å². The average molecular weight is 313 g/mol. The molecule has 2 saturated carbocycles. The first-order valence-electron chi connectivity index (χ1n) is 8.67. The van der Waals surface area contributed by atoms with E-state index in [-0.39, 0.29) is 17.7 Å². The van der Waals surface area contributed by atoms with Gasteiger partial charge in [0.1, 0.15) is 0 Å². The quantitative estimate of drug-likeness (QED) is 0.921. The Morgan fingerprint density at radius 2 is 2.26 bits per heavy atom. The zero-order valence-electron chi connectivity index (χ0n) is 13.3. The molecule has 1 aliphatic heterocycles. The van der Waals surface area contributed by atoms with Crippen LogP contribution in [0.4, 0.5) is 0 Å². The van der Waals surface area contributed by atoms with Crippen molar-refractivity contribution < 1.29 is 9.59 Å². The molecule has 4 atom stereocenters. The van der Waals surface area contributed by atoms with Crippen molar-refractivity contribution in [3.63, 3.8) is 0 Å². The number of carbonyl (C=O) groups excluding carboxylic acids is 2. The lowest BCUT2D eigenvalue weighted by Gasteiger charge is -2.31. The Balaban J connectivity index is 1.33. The molecule has 1 saturated heterocycles. The topological polar surface area (TPSA) is 62.3 Å². The van der Waals surface area contributed by atoms with E-state index in [9.17, 15) is 9.59 Å². The van der Waals surface area contributed by atoms with E-state index >= 15 is 0 Å². The second-order valence-electron chi connectivity index (χ2n) is 7.27. The van der Waals surface area contributed by atoms with Crippen LogP contribution in [0.3, 0.4) is 0 Å². The number of fused-ring (bicyclic) bond motifs is 2. The molecule has 2 bridgehead atoms. The summed E-state index contributed by atoms with van der Waals surface area (Å²) >= 11 is 0. The third-order valence-electron chi connectivity index (χ3n) is 5.82. The maximum Gasteiger partial charge on any atom is 0.225 e. The number of amides is 2. The molecule has 23 heavy (non-hydrogen) atoms. The van der Waals surface area contributed by atoms with Crippen molar-refractivity contribution in [1.29, 1.82) is 0 Å². The standard InChI is InChI=1S/C18H23N3O2/c22-17-8-15(18(23)20-10-13-2-1-5-19-9-13)11-21(17)16-7-12-3-4-14(16)6-12/h1-2,5,9,12,14-16H,3-4,6-8,10-11H2,(H,20,23)/t12-,14-,15+,16+/m0/s1. The van der Waals surface area contributed by atoms with Gasteiger partial charge in [0.25, 0.3) is 0 Å². The summed E-state index contributed by atoms with van der Waals surface area (Å²) < 4.78 is 0. The van der Waals surface area contributed by atoms with E-state index in [0.29, 0.717) is 31.5 Å². The van der Waals surface area contributed by atoms with Crippen molar-refractivity contribution in [1.82, 2.24) is 15.2 Å². The molecule has 0 spiro atoms. The minimum absolute atomic E-state index is 0.00661. The van der Waals surface area contributed by atoms with Gasteiger partial charge in [-0.25, -0.2) is 0 Å². The monoisotopic (exact) mass is 313 g/mol. The van der Waals surface area contributed by atoms with Gasteiger partial charge in [-0.1, -0.05) is 12.5 Å². The highest BCUT2D eigenvalue weighted by Crippen LogP contribution is 2.47. The Morgan fingerprint density at radius 1 is 1.35 bits per heavy atom. The van der Waals surface area contributed by atoms with Crippen molar-refractivity contribution in [2.75, 3.05) is 6.54 Å². The summed E-state index contributed by atoms with van der Waals surface area (Å²) in [5.74, 6) is 1.47. The van der Waals surface area contributed by atoms with Gasteiger partial charge in [0.05, 0.1) is 5.92 Å². The molecule has 0 aromatic carbocycles. The van der Waals surface area contributed by atoms with Crippen LogP contribution < -0.4 is 5.32 Å². The molecule has 2 heterocycles. The van der Waals surface area contributed by atoms with E-state index < -0.39 is 0 Å². The van der Waals surface area contributed by atoms with Crippen LogP contribution in [-0.2, 0) is 16.1 Å². The first-order chi connectivity index (χ1) is 11.2. The summed E-state index contributed by atoms with van der Waals surface area (Å²) in [5.41, 5.74) is 0.982. The molecule has 122 valence electrons. The number of nitrogens with zero attached hydrogens (tertiary/aromatic N) is 2. The second-order valence-corrected chi connectivity index (χ2v) is 7.27. The summed E-state index contributed by atoms with van der Waals surface area (Å²) in [5, 5.41) is 2.95. The Kier molecular flexibility index (Phi) is 3.79. The molecule has 5 nitrogen and oxygen atoms in total. The van der Waals surface area contributed by atoms with E-state index in [1.165, 1.54) is 19.3 Å². The van der Waals surface area contributed by atoms with Crippen molar-refractivity contribution in [2.24, 2.45) is 17.8 Å². The number of carbonyl (C=O) groups is 2. The molecule has 2 aliphatic carbocycles. The SMILES string of the molecule is O=C(NCc1cccnc1)[C@@H]1CC(=O)N([C@@H]2C[C@H]3CC[C@H]2C3)C1. The van der Waals surface area contributed by atoms with Crippen LogP contribution in [0.5, 0.6) is 0 Å². The lowest BCUT2D eigenvalue weighted by Crippen LogP contribution is -2.41. The summed E-state index contributed by atoms with van der Waals surface area (Å²) in [6, 6.07) is 4.20. The molecule has 5 heteroatoms. The molecule has 1 aromatic heterocycles. The number of likely N-dealkylation sites (tertiary alicyclic amines) is 1. The molecule has 3 fully saturated rings. The molecule has 1 aromatic rings. The number of aromatic nitrogens is 1. The number of pyridine rings is 1. The van der Waals surface area contributed by atoms with Crippen LogP contribution in [0.1, 0.15) is 37.7 Å². The van der Waals surface area contributed by atoms with Gasteiger partial charge in [-0.2, -0.15) is 0 Å². The summed E-state index contributed by atoms with van der Waals surface area (Å²) in [4.78, 5) is 30.8. The molecular weight excluding hydrogens is 290 g/mol. The van der Waals surface area contributed by atoms with Gasteiger partial charge < -0.3 is 10.2 Å². The van der Waals surface area contributed by atoms with Crippen molar-refractivity contribution in [2.45, 2.75) is 44.7 Å². The normalized spacial score (nSPS) is 32.5. The summed E-state index contributed by atoms with van der Waals surface area (Å²) in [6.45, 7) is 1.08. The third kappa shape index (κ3) is 2.84. The molecule has 4 rings (SSSR count). The number of rotatable bonds is 4. The first kappa shape index (κ1) is 14.7. The fraction of sp³-hybridized carbons (Fsp3) is 0.611. The van der Waals surface area contributed by atoms with Crippen molar-refractivity contribution in [3.8, 4) is 0 Å². The number of hydrogen-bond donors (Lipinski definition) is 1. The molecule has 3 aliphatic rings. The summed E-state index contributed by atoms with van der Waals surface area (Å²) in [6.07, 6.45) is 8.87. The van der Waals surface area contributed by atoms with Gasteiger partial charge in [0, 0.05) is 37.9 Å². The molecule has 0 radical (unpaired) electrons. The third-order valence-corrected chi connectivity index (χ3v) is 5.82. The zero-order valence-corrected chi connectivity index (χ0v) is 13.3. The van der Waals surface area contributed by atoms with Crippen LogP contribution in [0.15, 0.2) is 24.5 Å². The van der Waals surface area contributed by atoms with Crippen LogP contribution >= 0.6 is 0 Å². The highest BCUT2D eigenvalue weighted by atomic mass is 16.2. The lowest BCUT2D eigenvalue weighted by molar-refractivity contribution is -0.131. The predicted molar refractivity (Wildman–Crippen MR) is 85.1 cm³/mol. The van der Waals surface area contributed by atoms with Crippen LogP contribution in [0, 0.1) is 17.8 Å². The second kappa shape index (κ2) is 5.95. The Morgan fingerprint density at radius 3 is 2.96 bits per heavy atom. The minimum Gasteiger partial charge on any atom is -0.352 e. The van der Waals surface area contributed by atoms with E-state index in [1.54, 1.807) is 12.4 Å². The maximum atomic E-state index is 12.4. The zero-order chi connectivity index (χ0) is 15.8. The molecule has 2 amide bonds. The highest BCUT2D eigenvalue weighted by Gasteiger charge is 2.47. The smallest absolute Gasteiger partial charge is 0.225 e. The molecular formula is C18H23N3O2. The number of hydrogen-bond acceptors (Lipinski definition) is 3. The van der Waals surface area contributed by atoms with Crippen LogP contribution in [0.2, 0.25) is 0 Å². The minimum atomic E-state index is -0.196. The molecule has 0 unspecified atom stereocenters. The fourth-order valence-corrected chi connectivity index (χ4v) is 4.66. The average Bonchev–Trinajstić information content (AvgIpc) is 3.28. The van der Waals surface area contributed by atoms with Gasteiger partial charge in [0.2, 0.25) is 11.8 Å². The van der Waals surface area contributed by atoms with Crippen LogP contribution in [-0.4, -0.2) is 34.3 Å². The lowest BCUT2D eigenvalue weighted by atomic mass is 9.94. The first-order valence-corrected chi connectivity index (χ1v) is 8.67. The van der Waals surface area contributed by atoms with Gasteiger partial charge in [0.15, 0.2) is 0 Å². The van der Waals surface area contributed by atoms with E-state index in [4.69, 9.17) is 0 Å². The largest absolute Gasteiger partial charge is 0.352 e. The predicted octanol–water partition coefficient (Wildman–Crippen LogP) is 1.73.